The van der Waals surface area contributed by atoms with Gasteiger partial charge in [-0.3, -0.25) is 18.6 Å². The van der Waals surface area contributed by atoms with Crippen LogP contribution in [0.5, 0.6) is 0 Å². The van der Waals surface area contributed by atoms with Crippen LogP contribution in [-0.2, 0) is 32.7 Å². The zero-order valence-corrected chi connectivity index (χ0v) is 34.7. The van der Waals surface area contributed by atoms with Crippen LogP contribution >= 0.6 is 7.82 Å². The minimum atomic E-state index is -4.37. The van der Waals surface area contributed by atoms with Gasteiger partial charge >= 0.3 is 19.8 Å². The molecule has 0 rings (SSSR count). The highest BCUT2D eigenvalue weighted by Crippen LogP contribution is 2.43. The highest BCUT2D eigenvalue weighted by atomic mass is 31.2. The third-order valence-corrected chi connectivity index (χ3v) is 10.0. The molecule has 9 nitrogen and oxygen atoms in total. The first-order chi connectivity index (χ1) is 24.5. The van der Waals surface area contributed by atoms with Gasteiger partial charge in [0.2, 0.25) is 0 Å². The Morgan fingerprint density at radius 1 is 0.588 bits per heavy atom. The second-order valence-electron chi connectivity index (χ2n) is 15.4. The lowest BCUT2D eigenvalue weighted by molar-refractivity contribution is -0.870. The summed E-state index contributed by atoms with van der Waals surface area (Å²) in [6, 6.07) is 0. The summed E-state index contributed by atoms with van der Waals surface area (Å²) < 4.78 is 34.2. The Labute approximate surface area is 314 Å². The van der Waals surface area contributed by atoms with Crippen LogP contribution in [-0.4, -0.2) is 74.9 Å². The van der Waals surface area contributed by atoms with Crippen molar-refractivity contribution in [3.05, 3.63) is 12.2 Å². The summed E-state index contributed by atoms with van der Waals surface area (Å²) in [6.07, 6.45) is 34.0. The van der Waals surface area contributed by atoms with Gasteiger partial charge in [0.15, 0.2) is 6.10 Å². The molecule has 0 saturated carbocycles. The predicted octanol–water partition coefficient (Wildman–Crippen LogP) is 11.4. The second-order valence-corrected chi connectivity index (χ2v) is 16.8. The number of ether oxygens (including phenoxy) is 2. The number of hydrogen-bond donors (Lipinski definition) is 1. The monoisotopic (exact) mass is 747 g/mol. The highest BCUT2D eigenvalue weighted by Gasteiger charge is 2.27. The summed E-state index contributed by atoms with van der Waals surface area (Å²) in [5, 5.41) is 0. The van der Waals surface area contributed by atoms with Gasteiger partial charge in [-0.1, -0.05) is 154 Å². The van der Waals surface area contributed by atoms with Crippen LogP contribution in [0.4, 0.5) is 0 Å². The zero-order chi connectivity index (χ0) is 37.9. The first-order valence-electron chi connectivity index (χ1n) is 20.9. The lowest BCUT2D eigenvalue weighted by Crippen LogP contribution is -2.37. The predicted molar refractivity (Wildman–Crippen MR) is 211 cm³/mol. The topological polar surface area (TPSA) is 108 Å². The van der Waals surface area contributed by atoms with E-state index in [4.69, 9.17) is 18.5 Å². The van der Waals surface area contributed by atoms with Crippen molar-refractivity contribution >= 4 is 19.8 Å². The van der Waals surface area contributed by atoms with E-state index in [-0.39, 0.29) is 25.6 Å². The van der Waals surface area contributed by atoms with E-state index in [2.05, 4.69) is 26.0 Å². The van der Waals surface area contributed by atoms with E-state index >= 15 is 0 Å². The molecule has 0 amide bonds. The Balaban J connectivity index is 4.33. The molecule has 0 aliphatic heterocycles. The minimum Gasteiger partial charge on any atom is -0.462 e. The molecule has 0 saturated heterocycles. The van der Waals surface area contributed by atoms with Crippen molar-refractivity contribution in [1.29, 1.82) is 0 Å². The fourth-order valence-electron chi connectivity index (χ4n) is 5.70. The number of allylic oxidation sites excluding steroid dienone is 2. The smallest absolute Gasteiger partial charge is 0.462 e. The maximum Gasteiger partial charge on any atom is 0.472 e. The Bertz CT molecular complexity index is 891. The Morgan fingerprint density at radius 3 is 1.51 bits per heavy atom. The number of phosphoric ester groups is 1. The van der Waals surface area contributed by atoms with Crippen molar-refractivity contribution in [3.63, 3.8) is 0 Å². The number of carbonyl (C=O) groups is 2. The number of likely N-dealkylation sites (N-methyl/N-ethyl adjacent to an activating group) is 1. The molecule has 0 bridgehead atoms. The molecule has 302 valence electrons. The molecule has 0 aromatic carbocycles. The summed E-state index contributed by atoms with van der Waals surface area (Å²) in [5.41, 5.74) is 0. The number of nitrogens with zero attached hydrogens (tertiary/aromatic N) is 1. The van der Waals surface area contributed by atoms with E-state index in [1.54, 1.807) is 0 Å². The number of rotatable bonds is 38. The summed E-state index contributed by atoms with van der Waals surface area (Å²) in [6.45, 7) is 4.38. The normalized spacial score (nSPS) is 13.8. The largest absolute Gasteiger partial charge is 0.472 e. The van der Waals surface area contributed by atoms with Crippen molar-refractivity contribution in [3.8, 4) is 0 Å². The van der Waals surface area contributed by atoms with Crippen LogP contribution in [0.25, 0.3) is 0 Å². The standard InChI is InChI=1S/C41H80NO8P/c1-6-8-10-12-14-16-18-19-20-21-22-24-25-27-29-31-33-40(43)47-37-39(38-49-51(45,46)48-36-35-42(3,4)5)50-41(44)34-32-30-28-26-23-17-15-13-11-9-7-2/h13,15,39H,6-12,14,16-38H2,1-5H3/p+1/b15-13-/t39-/m1/s1. The van der Waals surface area contributed by atoms with E-state index in [0.29, 0.717) is 23.9 Å². The van der Waals surface area contributed by atoms with Gasteiger partial charge in [0.1, 0.15) is 19.8 Å². The summed E-state index contributed by atoms with van der Waals surface area (Å²) >= 11 is 0. The number of unbranched alkanes of at least 4 members (excludes halogenated alkanes) is 22. The van der Waals surface area contributed by atoms with Gasteiger partial charge in [0.05, 0.1) is 27.7 Å². The first kappa shape index (κ1) is 49.8. The highest BCUT2D eigenvalue weighted by molar-refractivity contribution is 7.47. The fraction of sp³-hybridized carbons (Fsp3) is 0.902. The van der Waals surface area contributed by atoms with Crippen LogP contribution in [0.15, 0.2) is 12.2 Å². The average molecular weight is 747 g/mol. The van der Waals surface area contributed by atoms with Crippen LogP contribution in [0.2, 0.25) is 0 Å². The van der Waals surface area contributed by atoms with Crippen molar-refractivity contribution < 1.29 is 42.1 Å². The van der Waals surface area contributed by atoms with Crippen LogP contribution in [0.3, 0.4) is 0 Å². The Hall–Kier alpha value is -1.25. The van der Waals surface area contributed by atoms with Gasteiger partial charge in [-0.2, -0.15) is 0 Å². The maximum atomic E-state index is 12.6. The molecular formula is C41H81NO8P+. The molecule has 10 heteroatoms. The molecule has 0 heterocycles. The minimum absolute atomic E-state index is 0.0329. The van der Waals surface area contributed by atoms with Crippen molar-refractivity contribution in [1.82, 2.24) is 0 Å². The number of esters is 2. The fourth-order valence-corrected chi connectivity index (χ4v) is 6.44. The van der Waals surface area contributed by atoms with Crippen LogP contribution in [0, 0.1) is 0 Å². The zero-order valence-electron chi connectivity index (χ0n) is 33.9. The van der Waals surface area contributed by atoms with Crippen molar-refractivity contribution in [2.24, 2.45) is 0 Å². The first-order valence-corrected chi connectivity index (χ1v) is 22.4. The number of carbonyl (C=O) groups excluding carboxylic acids is 2. The molecule has 0 radical (unpaired) electrons. The van der Waals surface area contributed by atoms with E-state index in [0.717, 1.165) is 57.8 Å². The lowest BCUT2D eigenvalue weighted by Gasteiger charge is -2.24. The molecule has 1 unspecified atom stereocenters. The number of phosphoric acid groups is 1. The molecule has 0 aliphatic rings. The maximum absolute atomic E-state index is 12.6. The van der Waals surface area contributed by atoms with E-state index in [9.17, 15) is 19.0 Å². The third kappa shape index (κ3) is 38.3. The van der Waals surface area contributed by atoms with Gasteiger partial charge in [0, 0.05) is 12.8 Å². The Morgan fingerprint density at radius 2 is 1.02 bits per heavy atom. The van der Waals surface area contributed by atoms with Gasteiger partial charge < -0.3 is 18.9 Å². The molecule has 51 heavy (non-hydrogen) atoms. The average Bonchev–Trinajstić information content (AvgIpc) is 3.07. The van der Waals surface area contributed by atoms with E-state index in [1.165, 1.54) is 96.3 Å². The van der Waals surface area contributed by atoms with E-state index < -0.39 is 26.5 Å². The molecule has 2 atom stereocenters. The molecule has 0 aliphatic carbocycles. The molecule has 0 fully saturated rings. The third-order valence-electron chi connectivity index (χ3n) is 9.05. The van der Waals surface area contributed by atoms with Gasteiger partial charge in [-0.05, 0) is 32.1 Å². The second kappa shape index (κ2) is 34.5. The van der Waals surface area contributed by atoms with Gasteiger partial charge in [-0.25, -0.2) is 4.57 Å². The molecular weight excluding hydrogens is 665 g/mol. The van der Waals surface area contributed by atoms with Gasteiger partial charge in [0.25, 0.3) is 0 Å². The van der Waals surface area contributed by atoms with Crippen molar-refractivity contribution in [2.75, 3.05) is 47.5 Å². The SMILES string of the molecule is CCCC/C=C\CCCCCCCC(=O)O[C@H](COC(=O)CCCCCCCCCCCCCCCCCC)COP(=O)(O)OCC[N+](C)(C)C. The molecule has 0 spiro atoms. The number of hydrogen-bond acceptors (Lipinski definition) is 7. The van der Waals surface area contributed by atoms with E-state index in [1.807, 2.05) is 21.1 Å². The summed E-state index contributed by atoms with van der Waals surface area (Å²) in [5.74, 6) is -0.803. The quantitative estimate of drug-likeness (QED) is 0.0219. The lowest BCUT2D eigenvalue weighted by atomic mass is 10.0. The van der Waals surface area contributed by atoms with Gasteiger partial charge in [-0.15, -0.1) is 0 Å². The number of quaternary nitrogens is 1. The molecule has 1 N–H and O–H groups in total. The van der Waals surface area contributed by atoms with Crippen molar-refractivity contribution in [2.45, 2.75) is 193 Å². The molecule has 0 aromatic heterocycles. The van der Waals surface area contributed by atoms with Crippen LogP contribution in [0.1, 0.15) is 187 Å². The molecule has 0 aromatic rings. The summed E-state index contributed by atoms with van der Waals surface area (Å²) in [7, 11) is 1.48. The van der Waals surface area contributed by atoms with Crippen LogP contribution < -0.4 is 0 Å². The summed E-state index contributed by atoms with van der Waals surface area (Å²) in [4.78, 5) is 35.2. The Kier molecular flexibility index (Phi) is 33.7.